The number of ether oxygens (including phenoxy) is 1. The van der Waals surface area contributed by atoms with Gasteiger partial charge in [-0.2, -0.15) is 0 Å². The summed E-state index contributed by atoms with van der Waals surface area (Å²) in [6.07, 6.45) is 5.25. The highest BCUT2D eigenvalue weighted by Gasteiger charge is 2.31. The van der Waals surface area contributed by atoms with Crippen molar-refractivity contribution in [3.05, 3.63) is 23.0 Å². The second kappa shape index (κ2) is 8.57. The average Bonchev–Trinajstić information content (AvgIpc) is 3.46. The fraction of sp³-hybridized carbons (Fsp3) is 0.667. The molecule has 0 atom stereocenters. The molecule has 1 aliphatic heterocycles. The molecule has 152 valence electrons. The van der Waals surface area contributed by atoms with Gasteiger partial charge in [0.25, 0.3) is 11.6 Å². The van der Waals surface area contributed by atoms with Crippen molar-refractivity contribution >= 4 is 17.0 Å². The normalized spacial score (nSPS) is 18.1. The number of carbonyl (C=O) groups excluding carboxylic acids is 1. The Kier molecular flexibility index (Phi) is 5.92. The lowest BCUT2D eigenvalue weighted by atomic mass is 9.91. The SMILES string of the molecule is CC(C)OCCCNC(=O)c1cc(C2CC2)nc2onc(C3CCNCC3)c12. The lowest BCUT2D eigenvalue weighted by molar-refractivity contribution is 0.0757. The van der Waals surface area contributed by atoms with E-state index < -0.39 is 0 Å². The van der Waals surface area contributed by atoms with Gasteiger partial charge in [0.05, 0.1) is 22.7 Å². The van der Waals surface area contributed by atoms with Crippen molar-refractivity contribution in [2.45, 2.75) is 63.9 Å². The number of fused-ring (bicyclic) bond motifs is 1. The van der Waals surface area contributed by atoms with Crippen molar-refractivity contribution in [3.63, 3.8) is 0 Å². The lowest BCUT2D eigenvalue weighted by Gasteiger charge is -2.21. The summed E-state index contributed by atoms with van der Waals surface area (Å²) in [6.45, 7) is 7.18. The van der Waals surface area contributed by atoms with Crippen LogP contribution in [-0.2, 0) is 4.74 Å². The molecule has 0 aromatic carbocycles. The van der Waals surface area contributed by atoms with Gasteiger partial charge in [0, 0.05) is 30.7 Å². The van der Waals surface area contributed by atoms with Crippen LogP contribution in [0.4, 0.5) is 0 Å². The second-order valence-corrected chi connectivity index (χ2v) is 8.17. The van der Waals surface area contributed by atoms with Crippen LogP contribution in [0.25, 0.3) is 11.1 Å². The van der Waals surface area contributed by atoms with Crippen LogP contribution < -0.4 is 10.6 Å². The fourth-order valence-corrected chi connectivity index (χ4v) is 3.82. The van der Waals surface area contributed by atoms with E-state index in [9.17, 15) is 4.79 Å². The minimum absolute atomic E-state index is 0.0720. The third-order valence-corrected chi connectivity index (χ3v) is 5.52. The van der Waals surface area contributed by atoms with Crippen LogP contribution in [0.15, 0.2) is 10.6 Å². The minimum atomic E-state index is -0.0720. The third-order valence-electron chi connectivity index (χ3n) is 5.52. The first-order chi connectivity index (χ1) is 13.6. The van der Waals surface area contributed by atoms with Crippen LogP contribution in [0.5, 0.6) is 0 Å². The molecule has 0 radical (unpaired) electrons. The molecular weight excluding hydrogens is 356 g/mol. The van der Waals surface area contributed by atoms with E-state index in [1.807, 2.05) is 19.9 Å². The van der Waals surface area contributed by atoms with E-state index in [0.717, 1.165) is 62.0 Å². The zero-order valence-electron chi connectivity index (χ0n) is 16.8. The zero-order valence-corrected chi connectivity index (χ0v) is 16.8. The number of carbonyl (C=O) groups is 1. The Morgan fingerprint density at radius 1 is 1.29 bits per heavy atom. The van der Waals surface area contributed by atoms with Crippen molar-refractivity contribution in [2.75, 3.05) is 26.2 Å². The molecule has 0 spiro atoms. The van der Waals surface area contributed by atoms with Crippen LogP contribution in [-0.4, -0.2) is 48.4 Å². The van der Waals surface area contributed by atoms with Crippen molar-refractivity contribution in [2.24, 2.45) is 0 Å². The van der Waals surface area contributed by atoms with E-state index in [1.54, 1.807) is 0 Å². The summed E-state index contributed by atoms with van der Waals surface area (Å²) in [4.78, 5) is 17.7. The zero-order chi connectivity index (χ0) is 19.5. The molecule has 0 bridgehead atoms. The van der Waals surface area contributed by atoms with Gasteiger partial charge in [-0.05, 0) is 65.1 Å². The number of pyridine rings is 1. The first-order valence-electron chi connectivity index (χ1n) is 10.5. The number of nitrogens with one attached hydrogen (secondary N) is 2. The monoisotopic (exact) mass is 386 g/mol. The van der Waals surface area contributed by atoms with Crippen LogP contribution >= 0.6 is 0 Å². The molecule has 2 aromatic heterocycles. The Morgan fingerprint density at radius 3 is 2.79 bits per heavy atom. The number of hydrogen-bond acceptors (Lipinski definition) is 6. The molecule has 1 saturated carbocycles. The van der Waals surface area contributed by atoms with E-state index >= 15 is 0 Å². The standard InChI is InChI=1S/C21H30N4O3/c1-13(2)27-11-3-8-23-20(26)16-12-17(14-4-5-14)24-21-18(16)19(25-28-21)15-6-9-22-10-7-15/h12-15,22H,3-11H2,1-2H3,(H,23,26). The van der Waals surface area contributed by atoms with Crippen LogP contribution in [0.3, 0.4) is 0 Å². The molecule has 0 unspecified atom stereocenters. The number of piperidine rings is 1. The molecule has 28 heavy (non-hydrogen) atoms. The first-order valence-corrected chi connectivity index (χ1v) is 10.5. The molecule has 2 aliphatic rings. The number of rotatable bonds is 8. The molecule has 1 saturated heterocycles. The van der Waals surface area contributed by atoms with Gasteiger partial charge >= 0.3 is 0 Å². The third kappa shape index (κ3) is 4.36. The Bertz CT molecular complexity index is 822. The van der Waals surface area contributed by atoms with Crippen LogP contribution in [0, 0.1) is 0 Å². The molecule has 7 nitrogen and oxygen atoms in total. The van der Waals surface area contributed by atoms with Gasteiger partial charge in [-0.3, -0.25) is 4.79 Å². The summed E-state index contributed by atoms with van der Waals surface area (Å²) in [5, 5.41) is 11.6. The Morgan fingerprint density at radius 2 is 2.07 bits per heavy atom. The summed E-state index contributed by atoms with van der Waals surface area (Å²) in [5.74, 6) is 0.683. The summed E-state index contributed by atoms with van der Waals surface area (Å²) in [5.41, 5.74) is 3.01. The minimum Gasteiger partial charge on any atom is -0.379 e. The van der Waals surface area contributed by atoms with Gasteiger partial charge in [0.1, 0.15) is 0 Å². The molecule has 1 amide bonds. The maximum Gasteiger partial charge on any atom is 0.259 e. The van der Waals surface area contributed by atoms with Crippen molar-refractivity contribution in [1.29, 1.82) is 0 Å². The Labute approximate surface area is 165 Å². The molecule has 2 N–H and O–H groups in total. The molecule has 3 heterocycles. The Balaban J connectivity index is 1.57. The highest BCUT2D eigenvalue weighted by atomic mass is 16.5. The molecule has 1 aliphatic carbocycles. The molecule has 4 rings (SSSR count). The van der Waals surface area contributed by atoms with Crippen molar-refractivity contribution in [3.8, 4) is 0 Å². The van der Waals surface area contributed by atoms with Gasteiger partial charge in [-0.1, -0.05) is 5.16 Å². The molecular formula is C21H30N4O3. The van der Waals surface area contributed by atoms with E-state index in [-0.39, 0.29) is 12.0 Å². The number of amides is 1. The van der Waals surface area contributed by atoms with E-state index in [4.69, 9.17) is 9.26 Å². The van der Waals surface area contributed by atoms with Crippen molar-refractivity contribution in [1.82, 2.24) is 20.8 Å². The summed E-state index contributed by atoms with van der Waals surface area (Å²) >= 11 is 0. The maximum absolute atomic E-state index is 13.0. The van der Waals surface area contributed by atoms with E-state index in [1.165, 1.54) is 0 Å². The summed E-state index contributed by atoms with van der Waals surface area (Å²) < 4.78 is 11.2. The Hall–Kier alpha value is -1.99. The van der Waals surface area contributed by atoms with E-state index in [2.05, 4.69) is 20.8 Å². The predicted molar refractivity (Wildman–Crippen MR) is 107 cm³/mol. The van der Waals surface area contributed by atoms with Crippen LogP contribution in [0.1, 0.15) is 79.5 Å². The van der Waals surface area contributed by atoms with Crippen molar-refractivity contribution < 1.29 is 14.1 Å². The average molecular weight is 386 g/mol. The van der Waals surface area contributed by atoms with Gasteiger partial charge in [0.2, 0.25) is 0 Å². The largest absolute Gasteiger partial charge is 0.379 e. The predicted octanol–water partition coefficient (Wildman–Crippen LogP) is 3.11. The first kappa shape index (κ1) is 19.3. The number of aromatic nitrogens is 2. The molecule has 7 heteroatoms. The number of nitrogens with zero attached hydrogens (tertiary/aromatic N) is 2. The highest BCUT2D eigenvalue weighted by Crippen LogP contribution is 2.41. The van der Waals surface area contributed by atoms with Gasteiger partial charge in [-0.15, -0.1) is 0 Å². The quantitative estimate of drug-likeness (QED) is 0.678. The summed E-state index contributed by atoms with van der Waals surface area (Å²) in [6, 6.07) is 1.96. The van der Waals surface area contributed by atoms with Gasteiger partial charge < -0.3 is 19.9 Å². The van der Waals surface area contributed by atoms with Crippen LogP contribution in [0.2, 0.25) is 0 Å². The van der Waals surface area contributed by atoms with Gasteiger partial charge in [-0.25, -0.2) is 4.98 Å². The second-order valence-electron chi connectivity index (χ2n) is 8.17. The molecule has 2 aromatic rings. The maximum atomic E-state index is 13.0. The lowest BCUT2D eigenvalue weighted by Crippen LogP contribution is -2.28. The molecule has 2 fully saturated rings. The summed E-state index contributed by atoms with van der Waals surface area (Å²) in [7, 11) is 0. The van der Waals surface area contributed by atoms with E-state index in [0.29, 0.717) is 36.3 Å². The number of hydrogen-bond donors (Lipinski definition) is 2. The van der Waals surface area contributed by atoms with Gasteiger partial charge in [0.15, 0.2) is 0 Å². The topological polar surface area (TPSA) is 89.3 Å². The smallest absolute Gasteiger partial charge is 0.259 e. The highest BCUT2D eigenvalue weighted by molar-refractivity contribution is 6.06. The fourth-order valence-electron chi connectivity index (χ4n) is 3.82.